The van der Waals surface area contributed by atoms with E-state index >= 15 is 0 Å². The van der Waals surface area contributed by atoms with E-state index in [-0.39, 0.29) is 41.5 Å². The SMILES string of the molecule is COc1c(N2CC(N)C(F)C2)c(F)cc2c(=O)n(N)c(=O)n(C3CC3)c12. The average Bonchev–Trinajstić information content (AvgIpc) is 3.38. The lowest BCUT2D eigenvalue weighted by atomic mass is 10.1. The van der Waals surface area contributed by atoms with Gasteiger partial charge in [0.15, 0.2) is 11.6 Å². The number of aromatic nitrogens is 2. The van der Waals surface area contributed by atoms with Gasteiger partial charge >= 0.3 is 5.69 Å². The van der Waals surface area contributed by atoms with Gasteiger partial charge in [0, 0.05) is 12.6 Å². The number of rotatable bonds is 3. The maximum Gasteiger partial charge on any atom is 0.350 e. The minimum absolute atomic E-state index is 0.00132. The number of ether oxygens (including phenoxy) is 1. The Labute approximate surface area is 146 Å². The summed E-state index contributed by atoms with van der Waals surface area (Å²) in [5.74, 6) is 4.84. The number of alkyl halides is 1. The van der Waals surface area contributed by atoms with Crippen molar-refractivity contribution >= 4 is 16.6 Å². The number of benzene rings is 1. The zero-order valence-corrected chi connectivity index (χ0v) is 14.1. The monoisotopic (exact) mass is 367 g/mol. The molecule has 4 N–H and O–H groups in total. The molecule has 1 saturated carbocycles. The van der Waals surface area contributed by atoms with Crippen molar-refractivity contribution in [1.82, 2.24) is 9.24 Å². The van der Waals surface area contributed by atoms with Crippen molar-refractivity contribution in [3.8, 4) is 5.75 Å². The number of nitrogens with two attached hydrogens (primary N) is 2. The van der Waals surface area contributed by atoms with Crippen molar-refractivity contribution < 1.29 is 13.5 Å². The number of hydrogen-bond acceptors (Lipinski definition) is 6. The van der Waals surface area contributed by atoms with Gasteiger partial charge in [-0.25, -0.2) is 13.6 Å². The standard InChI is InChI=1S/C16H19F2N5O3/c1-26-14-12-8(15(24)23(20)16(25)22(12)7-2-3-7)4-9(17)13(14)21-5-10(18)11(19)6-21/h4,7,10-11H,2-3,5-6,19-20H2,1H3. The molecule has 0 radical (unpaired) electrons. The molecule has 1 aliphatic carbocycles. The van der Waals surface area contributed by atoms with Gasteiger partial charge < -0.3 is 21.2 Å². The van der Waals surface area contributed by atoms with E-state index in [4.69, 9.17) is 16.3 Å². The lowest BCUT2D eigenvalue weighted by Crippen LogP contribution is -2.44. The number of fused-ring (bicyclic) bond motifs is 1. The summed E-state index contributed by atoms with van der Waals surface area (Å²) in [7, 11) is 1.32. The van der Waals surface area contributed by atoms with E-state index in [1.54, 1.807) is 0 Å². The minimum Gasteiger partial charge on any atom is -0.492 e. The predicted molar refractivity (Wildman–Crippen MR) is 92.5 cm³/mol. The van der Waals surface area contributed by atoms with Gasteiger partial charge in [-0.1, -0.05) is 0 Å². The number of nitrogens with zero attached hydrogens (tertiary/aromatic N) is 3. The Hall–Kier alpha value is -2.62. The zero-order valence-electron chi connectivity index (χ0n) is 14.1. The molecule has 10 heteroatoms. The van der Waals surface area contributed by atoms with E-state index in [1.165, 1.54) is 16.6 Å². The van der Waals surface area contributed by atoms with Crippen molar-refractivity contribution in [2.24, 2.45) is 5.73 Å². The number of hydrogen-bond donors (Lipinski definition) is 2. The van der Waals surface area contributed by atoms with Crippen LogP contribution >= 0.6 is 0 Å². The molecule has 2 heterocycles. The molecule has 1 saturated heterocycles. The first-order chi connectivity index (χ1) is 12.3. The summed E-state index contributed by atoms with van der Waals surface area (Å²) >= 11 is 0. The molecule has 0 amide bonds. The summed E-state index contributed by atoms with van der Waals surface area (Å²) < 4.78 is 36.0. The third kappa shape index (κ3) is 2.28. The number of halogens is 2. The fourth-order valence-electron chi connectivity index (χ4n) is 3.57. The molecule has 2 unspecified atom stereocenters. The topological polar surface area (TPSA) is 109 Å². The first kappa shape index (κ1) is 16.8. The molecule has 1 aromatic carbocycles. The van der Waals surface area contributed by atoms with Crippen LogP contribution in [0, 0.1) is 5.82 Å². The van der Waals surface area contributed by atoms with E-state index in [0.717, 1.165) is 18.9 Å². The normalized spacial score (nSPS) is 23.0. The van der Waals surface area contributed by atoms with Crippen LogP contribution in [-0.2, 0) is 0 Å². The highest BCUT2D eigenvalue weighted by Crippen LogP contribution is 2.43. The molecular weight excluding hydrogens is 348 g/mol. The Morgan fingerprint density at radius 3 is 2.50 bits per heavy atom. The maximum atomic E-state index is 14.9. The van der Waals surface area contributed by atoms with Crippen LogP contribution in [0.1, 0.15) is 18.9 Å². The van der Waals surface area contributed by atoms with Gasteiger partial charge in [0.25, 0.3) is 5.56 Å². The Balaban J connectivity index is 2.08. The summed E-state index contributed by atoms with van der Waals surface area (Å²) in [5, 5.41) is -0.0580. The highest BCUT2D eigenvalue weighted by atomic mass is 19.1. The lowest BCUT2D eigenvalue weighted by molar-refractivity contribution is 0.333. The maximum absolute atomic E-state index is 14.9. The molecule has 1 aliphatic heterocycles. The fourth-order valence-corrected chi connectivity index (χ4v) is 3.57. The molecule has 8 nitrogen and oxygen atoms in total. The van der Waals surface area contributed by atoms with Gasteiger partial charge in [-0.15, -0.1) is 0 Å². The highest BCUT2D eigenvalue weighted by molar-refractivity contribution is 5.91. The number of nitrogen functional groups attached to an aromatic ring is 1. The van der Waals surface area contributed by atoms with Crippen molar-refractivity contribution in [3.63, 3.8) is 0 Å². The summed E-state index contributed by atoms with van der Waals surface area (Å²) in [4.78, 5) is 26.4. The van der Waals surface area contributed by atoms with Crippen molar-refractivity contribution in [2.45, 2.75) is 31.1 Å². The van der Waals surface area contributed by atoms with Gasteiger partial charge in [-0.05, 0) is 18.9 Å². The molecule has 2 aromatic rings. The third-order valence-corrected chi connectivity index (χ3v) is 5.01. The quantitative estimate of drug-likeness (QED) is 0.730. The zero-order chi connectivity index (χ0) is 18.7. The molecule has 0 spiro atoms. The Morgan fingerprint density at radius 1 is 1.27 bits per heavy atom. The average molecular weight is 367 g/mol. The summed E-state index contributed by atoms with van der Waals surface area (Å²) in [6.45, 7) is 0.00311. The number of anilines is 1. The molecule has 2 fully saturated rings. The predicted octanol–water partition coefficient (Wildman–Crippen LogP) is -0.155. The molecule has 1 aromatic heterocycles. The van der Waals surface area contributed by atoms with Gasteiger partial charge in [-0.2, -0.15) is 4.68 Å². The molecule has 2 aliphatic rings. The van der Waals surface area contributed by atoms with Crippen LogP contribution in [0.15, 0.2) is 15.7 Å². The van der Waals surface area contributed by atoms with Gasteiger partial charge in [0.1, 0.15) is 17.4 Å². The van der Waals surface area contributed by atoms with Gasteiger partial charge in [-0.3, -0.25) is 9.36 Å². The van der Waals surface area contributed by atoms with Gasteiger partial charge in [0.2, 0.25) is 0 Å². The summed E-state index contributed by atoms with van der Waals surface area (Å²) in [5.41, 5.74) is 4.38. The van der Waals surface area contributed by atoms with E-state index in [1.807, 2.05) is 0 Å². The Kier molecular flexibility index (Phi) is 3.69. The second-order valence-electron chi connectivity index (χ2n) is 6.78. The third-order valence-electron chi connectivity index (χ3n) is 5.01. The summed E-state index contributed by atoms with van der Waals surface area (Å²) in [6, 6.07) is 0.133. The van der Waals surface area contributed by atoms with E-state index in [0.29, 0.717) is 4.68 Å². The smallest absolute Gasteiger partial charge is 0.350 e. The summed E-state index contributed by atoms with van der Waals surface area (Å²) in [6.07, 6.45) is 0.173. The van der Waals surface area contributed by atoms with Crippen molar-refractivity contribution in [1.29, 1.82) is 0 Å². The van der Waals surface area contributed by atoms with Crippen molar-refractivity contribution in [3.05, 3.63) is 32.7 Å². The van der Waals surface area contributed by atoms with Crippen LogP contribution in [0.5, 0.6) is 5.75 Å². The first-order valence-corrected chi connectivity index (χ1v) is 8.32. The minimum atomic E-state index is -1.31. The molecular formula is C16H19F2N5O3. The van der Waals surface area contributed by atoms with Crippen LogP contribution in [0.2, 0.25) is 0 Å². The first-order valence-electron chi connectivity index (χ1n) is 8.32. The Bertz CT molecular complexity index is 1000. The lowest BCUT2D eigenvalue weighted by Gasteiger charge is -2.24. The van der Waals surface area contributed by atoms with Crippen LogP contribution < -0.4 is 32.5 Å². The van der Waals surface area contributed by atoms with Crippen LogP contribution in [0.25, 0.3) is 10.9 Å². The number of methoxy groups -OCH3 is 1. The second-order valence-corrected chi connectivity index (χ2v) is 6.78. The molecule has 4 rings (SSSR count). The molecule has 0 bridgehead atoms. The van der Waals surface area contributed by atoms with Crippen molar-refractivity contribution in [2.75, 3.05) is 30.9 Å². The molecule has 2 atom stereocenters. The molecule has 26 heavy (non-hydrogen) atoms. The van der Waals surface area contributed by atoms with Gasteiger partial charge in [0.05, 0.1) is 25.1 Å². The van der Waals surface area contributed by atoms with E-state index in [2.05, 4.69) is 0 Å². The largest absolute Gasteiger partial charge is 0.492 e. The van der Waals surface area contributed by atoms with Crippen LogP contribution in [0.4, 0.5) is 14.5 Å². The fraction of sp³-hybridized carbons (Fsp3) is 0.500. The second kappa shape index (κ2) is 5.70. The highest BCUT2D eigenvalue weighted by Gasteiger charge is 2.36. The molecule has 140 valence electrons. The van der Waals surface area contributed by atoms with Crippen LogP contribution in [0.3, 0.4) is 0 Å². The van der Waals surface area contributed by atoms with E-state index in [9.17, 15) is 18.4 Å². The Morgan fingerprint density at radius 2 is 1.96 bits per heavy atom. The van der Waals surface area contributed by atoms with E-state index < -0.39 is 29.3 Å². The van der Waals surface area contributed by atoms with Crippen LogP contribution in [-0.4, -0.2) is 41.7 Å².